The molecule has 1 amide bonds. The SMILES string of the molecule is C[C@@H](COc1ccccc1)N1CCC(CCC(=O)NCc2cccnc2)CC1. The Morgan fingerprint density at radius 3 is 2.71 bits per heavy atom. The van der Waals surface area contributed by atoms with Crippen molar-refractivity contribution in [1.82, 2.24) is 15.2 Å². The summed E-state index contributed by atoms with van der Waals surface area (Å²) < 4.78 is 5.89. The molecule has 0 bridgehead atoms. The molecule has 1 aliphatic rings. The lowest BCUT2D eigenvalue weighted by atomic mass is 9.91. The molecule has 1 N–H and O–H groups in total. The van der Waals surface area contributed by atoms with E-state index in [-0.39, 0.29) is 5.91 Å². The Morgan fingerprint density at radius 1 is 1.21 bits per heavy atom. The molecule has 1 fully saturated rings. The van der Waals surface area contributed by atoms with Gasteiger partial charge in [0.15, 0.2) is 0 Å². The van der Waals surface area contributed by atoms with Gasteiger partial charge >= 0.3 is 0 Å². The highest BCUT2D eigenvalue weighted by molar-refractivity contribution is 5.75. The van der Waals surface area contributed by atoms with E-state index in [0.717, 1.165) is 43.7 Å². The molecule has 3 rings (SSSR count). The van der Waals surface area contributed by atoms with Gasteiger partial charge in [-0.2, -0.15) is 0 Å². The third kappa shape index (κ3) is 6.64. The van der Waals surface area contributed by atoms with E-state index >= 15 is 0 Å². The fraction of sp³-hybridized carbons (Fsp3) is 0.478. The second-order valence-electron chi connectivity index (χ2n) is 7.63. The van der Waals surface area contributed by atoms with Gasteiger partial charge in [0.05, 0.1) is 0 Å². The van der Waals surface area contributed by atoms with Crippen molar-refractivity contribution in [1.29, 1.82) is 0 Å². The van der Waals surface area contributed by atoms with E-state index in [1.165, 1.54) is 0 Å². The first-order chi connectivity index (χ1) is 13.7. The zero-order valence-electron chi connectivity index (χ0n) is 16.7. The summed E-state index contributed by atoms with van der Waals surface area (Å²) in [7, 11) is 0. The fourth-order valence-electron chi connectivity index (χ4n) is 3.65. The first kappa shape index (κ1) is 20.3. The molecule has 0 saturated carbocycles. The minimum Gasteiger partial charge on any atom is -0.492 e. The third-order valence-corrected chi connectivity index (χ3v) is 5.50. The molecule has 1 atom stereocenters. The number of likely N-dealkylation sites (tertiary alicyclic amines) is 1. The summed E-state index contributed by atoms with van der Waals surface area (Å²) in [4.78, 5) is 18.7. The van der Waals surface area contributed by atoms with Gasteiger partial charge in [-0.05, 0) is 69.0 Å². The van der Waals surface area contributed by atoms with Crippen molar-refractivity contribution in [3.05, 3.63) is 60.4 Å². The number of piperidine rings is 1. The Labute approximate surface area is 168 Å². The number of benzene rings is 1. The minimum atomic E-state index is 0.135. The number of rotatable bonds is 9. The molecule has 1 aromatic heterocycles. The van der Waals surface area contributed by atoms with Crippen molar-refractivity contribution < 1.29 is 9.53 Å². The number of pyridine rings is 1. The molecular formula is C23H31N3O2. The molecule has 5 heteroatoms. The first-order valence-corrected chi connectivity index (χ1v) is 10.3. The van der Waals surface area contributed by atoms with Crippen LogP contribution < -0.4 is 10.1 Å². The van der Waals surface area contributed by atoms with Crippen LogP contribution in [0.4, 0.5) is 0 Å². The van der Waals surface area contributed by atoms with Crippen molar-refractivity contribution in [3.63, 3.8) is 0 Å². The van der Waals surface area contributed by atoms with Gasteiger partial charge in [0.1, 0.15) is 12.4 Å². The van der Waals surface area contributed by atoms with Gasteiger partial charge in [-0.3, -0.25) is 14.7 Å². The van der Waals surface area contributed by atoms with Gasteiger partial charge in [-0.1, -0.05) is 24.3 Å². The van der Waals surface area contributed by atoms with Gasteiger partial charge < -0.3 is 10.1 Å². The van der Waals surface area contributed by atoms with Crippen LogP contribution in [0.3, 0.4) is 0 Å². The molecule has 150 valence electrons. The van der Waals surface area contributed by atoms with Gasteiger partial charge in [0.25, 0.3) is 0 Å². The summed E-state index contributed by atoms with van der Waals surface area (Å²) in [6.07, 6.45) is 7.43. The summed E-state index contributed by atoms with van der Waals surface area (Å²) in [5.74, 6) is 1.71. The van der Waals surface area contributed by atoms with Gasteiger partial charge in [0, 0.05) is 31.4 Å². The summed E-state index contributed by atoms with van der Waals surface area (Å²) in [6, 6.07) is 14.3. The summed E-state index contributed by atoms with van der Waals surface area (Å²) in [5.41, 5.74) is 1.04. The highest BCUT2D eigenvalue weighted by atomic mass is 16.5. The number of hydrogen-bond acceptors (Lipinski definition) is 4. The Kier molecular flexibility index (Phi) is 7.85. The van der Waals surface area contributed by atoms with Gasteiger partial charge in [0.2, 0.25) is 5.91 Å². The molecule has 0 aliphatic carbocycles. The van der Waals surface area contributed by atoms with Crippen LogP contribution in [0.2, 0.25) is 0 Å². The van der Waals surface area contributed by atoms with E-state index in [9.17, 15) is 4.79 Å². The Bertz CT molecular complexity index is 700. The molecule has 0 spiro atoms. The molecule has 2 aromatic rings. The summed E-state index contributed by atoms with van der Waals surface area (Å²) >= 11 is 0. The van der Waals surface area contributed by atoms with Crippen LogP contribution in [-0.4, -0.2) is 41.5 Å². The standard InChI is InChI=1S/C23H31N3O2/c1-19(18-28-22-7-3-2-4-8-22)26-14-11-20(12-15-26)9-10-23(27)25-17-21-6-5-13-24-16-21/h2-8,13,16,19-20H,9-12,14-15,17-18H2,1H3,(H,25,27)/t19-/m0/s1. The number of nitrogens with one attached hydrogen (secondary N) is 1. The quantitative estimate of drug-likeness (QED) is 0.720. The van der Waals surface area contributed by atoms with Crippen LogP contribution in [0.15, 0.2) is 54.9 Å². The molecule has 5 nitrogen and oxygen atoms in total. The largest absolute Gasteiger partial charge is 0.492 e. The normalized spacial score (nSPS) is 16.5. The topological polar surface area (TPSA) is 54.5 Å². The van der Waals surface area contributed by atoms with Crippen LogP contribution in [0.5, 0.6) is 5.75 Å². The zero-order valence-corrected chi connectivity index (χ0v) is 16.7. The number of aromatic nitrogens is 1. The zero-order chi connectivity index (χ0) is 19.6. The maximum atomic E-state index is 12.1. The van der Waals surface area contributed by atoms with Crippen LogP contribution in [0, 0.1) is 5.92 Å². The molecule has 0 unspecified atom stereocenters. The Morgan fingerprint density at radius 2 is 2.00 bits per heavy atom. The second-order valence-corrected chi connectivity index (χ2v) is 7.63. The molecule has 1 aliphatic heterocycles. The summed E-state index contributed by atoms with van der Waals surface area (Å²) in [5, 5.41) is 2.99. The number of ether oxygens (including phenoxy) is 1. The lowest BCUT2D eigenvalue weighted by Crippen LogP contribution is -2.42. The van der Waals surface area contributed by atoms with Gasteiger partial charge in [-0.15, -0.1) is 0 Å². The number of amides is 1. The number of carbonyl (C=O) groups excluding carboxylic acids is 1. The predicted octanol–water partition coefficient (Wildman–Crippen LogP) is 3.66. The first-order valence-electron chi connectivity index (χ1n) is 10.3. The number of carbonyl (C=O) groups is 1. The second kappa shape index (κ2) is 10.8. The molecule has 1 saturated heterocycles. The molecular weight excluding hydrogens is 350 g/mol. The number of hydrogen-bond donors (Lipinski definition) is 1. The number of nitrogens with zero attached hydrogens (tertiary/aromatic N) is 2. The van der Waals surface area contributed by atoms with Crippen molar-refractivity contribution in [2.24, 2.45) is 5.92 Å². The van der Waals surface area contributed by atoms with E-state index in [1.54, 1.807) is 12.4 Å². The lowest BCUT2D eigenvalue weighted by Gasteiger charge is -2.35. The van der Waals surface area contributed by atoms with Crippen LogP contribution in [0.25, 0.3) is 0 Å². The molecule has 28 heavy (non-hydrogen) atoms. The van der Waals surface area contributed by atoms with E-state index < -0.39 is 0 Å². The summed E-state index contributed by atoms with van der Waals surface area (Å²) in [6.45, 7) is 5.67. The average molecular weight is 382 g/mol. The number of para-hydroxylation sites is 1. The van der Waals surface area contributed by atoms with E-state index in [4.69, 9.17) is 4.74 Å². The minimum absolute atomic E-state index is 0.135. The molecule has 0 radical (unpaired) electrons. The van der Waals surface area contributed by atoms with Crippen LogP contribution in [-0.2, 0) is 11.3 Å². The Hall–Kier alpha value is -2.40. The van der Waals surface area contributed by atoms with E-state index in [0.29, 0.717) is 31.5 Å². The van der Waals surface area contributed by atoms with E-state index in [2.05, 4.69) is 22.1 Å². The Balaban J connectivity index is 1.30. The van der Waals surface area contributed by atoms with Crippen LogP contribution in [0.1, 0.15) is 38.2 Å². The lowest BCUT2D eigenvalue weighted by molar-refractivity contribution is -0.121. The maximum Gasteiger partial charge on any atom is 0.220 e. The van der Waals surface area contributed by atoms with Crippen molar-refractivity contribution >= 4 is 5.91 Å². The fourth-order valence-corrected chi connectivity index (χ4v) is 3.65. The van der Waals surface area contributed by atoms with Crippen molar-refractivity contribution in [3.8, 4) is 5.75 Å². The van der Waals surface area contributed by atoms with Gasteiger partial charge in [-0.25, -0.2) is 0 Å². The van der Waals surface area contributed by atoms with Crippen molar-refractivity contribution in [2.45, 2.75) is 45.2 Å². The highest BCUT2D eigenvalue weighted by Gasteiger charge is 2.23. The predicted molar refractivity (Wildman–Crippen MR) is 111 cm³/mol. The van der Waals surface area contributed by atoms with Crippen molar-refractivity contribution in [2.75, 3.05) is 19.7 Å². The van der Waals surface area contributed by atoms with E-state index in [1.807, 2.05) is 42.5 Å². The monoisotopic (exact) mass is 381 g/mol. The molecule has 2 heterocycles. The highest BCUT2D eigenvalue weighted by Crippen LogP contribution is 2.23. The third-order valence-electron chi connectivity index (χ3n) is 5.50. The smallest absolute Gasteiger partial charge is 0.220 e. The molecule has 1 aromatic carbocycles. The average Bonchev–Trinajstić information content (AvgIpc) is 2.76. The maximum absolute atomic E-state index is 12.1. The van der Waals surface area contributed by atoms with Crippen LogP contribution >= 0.6 is 0 Å².